The van der Waals surface area contributed by atoms with Gasteiger partial charge >= 0.3 is 6.09 Å². The van der Waals surface area contributed by atoms with Crippen molar-refractivity contribution in [3.05, 3.63) is 35.0 Å². The summed E-state index contributed by atoms with van der Waals surface area (Å²) in [6.07, 6.45) is 0.0782. The molecule has 1 amide bonds. The Morgan fingerprint density at radius 3 is 2.79 bits per heavy atom. The molecule has 2 heterocycles. The molecule has 4 N–H and O–H groups in total. The highest BCUT2D eigenvalue weighted by Crippen LogP contribution is 2.30. The summed E-state index contributed by atoms with van der Waals surface area (Å²) in [4.78, 5) is 18.4. The molecule has 0 unspecified atom stereocenters. The minimum absolute atomic E-state index is 0.100. The van der Waals surface area contributed by atoms with E-state index in [2.05, 4.69) is 10.1 Å². The summed E-state index contributed by atoms with van der Waals surface area (Å²) in [5.41, 5.74) is 5.69. The second-order valence-electron chi connectivity index (χ2n) is 7.65. The summed E-state index contributed by atoms with van der Waals surface area (Å²) in [7, 11) is 0. The fourth-order valence-electron chi connectivity index (χ4n) is 2.95. The molecule has 1 aliphatic rings. The van der Waals surface area contributed by atoms with Gasteiger partial charge in [-0.1, -0.05) is 17.7 Å². The Morgan fingerprint density at radius 2 is 2.11 bits per heavy atom. The molecular formula is C19H24ClN5O3. The van der Waals surface area contributed by atoms with Gasteiger partial charge in [0.1, 0.15) is 17.4 Å². The van der Waals surface area contributed by atoms with Gasteiger partial charge in [0.15, 0.2) is 5.84 Å². The Bertz CT molecular complexity index is 926. The first kappa shape index (κ1) is 20.0. The number of aromatic nitrogens is 1. The fraction of sp³-hybridized carbons (Fsp3) is 0.421. The molecule has 0 spiro atoms. The number of halogens is 1. The molecule has 1 atom stereocenters. The van der Waals surface area contributed by atoms with Crippen LogP contribution in [0.4, 0.5) is 4.79 Å². The molecule has 3 rings (SSSR count). The van der Waals surface area contributed by atoms with Crippen molar-refractivity contribution in [2.45, 2.75) is 38.9 Å². The van der Waals surface area contributed by atoms with Crippen molar-refractivity contribution in [2.75, 3.05) is 13.1 Å². The van der Waals surface area contributed by atoms with Gasteiger partial charge in [-0.15, -0.1) is 0 Å². The van der Waals surface area contributed by atoms with Crippen molar-refractivity contribution in [3.8, 4) is 5.88 Å². The molecular weight excluding hydrogens is 382 g/mol. The van der Waals surface area contributed by atoms with Gasteiger partial charge in [-0.05, 0) is 44.4 Å². The third-order valence-electron chi connectivity index (χ3n) is 4.24. The Balaban J connectivity index is 1.84. The molecule has 0 aliphatic carbocycles. The summed E-state index contributed by atoms with van der Waals surface area (Å²) in [6, 6.07) is 7.17. The van der Waals surface area contributed by atoms with Crippen molar-refractivity contribution < 1.29 is 14.3 Å². The number of carbonyl (C=O) groups is 1. The van der Waals surface area contributed by atoms with E-state index in [1.54, 1.807) is 23.1 Å². The van der Waals surface area contributed by atoms with Crippen LogP contribution < -0.4 is 16.3 Å². The Kier molecular flexibility index (Phi) is 5.51. The number of ether oxygens (including phenoxy) is 2. The number of fused-ring (bicyclic) bond motifs is 1. The molecule has 0 bridgehead atoms. The minimum atomic E-state index is -0.544. The lowest BCUT2D eigenvalue weighted by Crippen LogP contribution is -2.36. The van der Waals surface area contributed by atoms with Crippen LogP contribution in [-0.2, 0) is 4.74 Å². The van der Waals surface area contributed by atoms with Gasteiger partial charge in [0.2, 0.25) is 5.88 Å². The molecule has 1 aliphatic heterocycles. The van der Waals surface area contributed by atoms with E-state index >= 15 is 0 Å². The summed E-state index contributed by atoms with van der Waals surface area (Å²) >= 11 is 6.14. The number of carbonyl (C=O) groups excluding carboxylic acids is 1. The number of hydrogen-bond donors (Lipinski definition) is 2. The molecule has 1 aromatic heterocycles. The number of rotatable bonds is 3. The van der Waals surface area contributed by atoms with Gasteiger partial charge in [-0.2, -0.15) is 5.10 Å². The molecule has 1 aromatic carbocycles. The zero-order valence-electron chi connectivity index (χ0n) is 16.1. The predicted octanol–water partition coefficient (Wildman–Crippen LogP) is 2.86. The normalized spacial score (nSPS) is 17.8. The largest absolute Gasteiger partial charge is 0.472 e. The van der Waals surface area contributed by atoms with Crippen molar-refractivity contribution in [1.82, 2.24) is 9.88 Å². The zero-order chi connectivity index (χ0) is 20.5. The number of amides is 1. The van der Waals surface area contributed by atoms with Crippen LogP contribution in [0.5, 0.6) is 5.88 Å². The summed E-state index contributed by atoms with van der Waals surface area (Å²) in [5, 5.41) is 5.66. The van der Waals surface area contributed by atoms with Crippen molar-refractivity contribution >= 4 is 34.3 Å². The van der Waals surface area contributed by atoms with Gasteiger partial charge in [0, 0.05) is 23.4 Å². The minimum Gasteiger partial charge on any atom is -0.472 e. The van der Waals surface area contributed by atoms with E-state index in [9.17, 15) is 4.79 Å². The Hall–Kier alpha value is -2.74. The van der Waals surface area contributed by atoms with Crippen LogP contribution in [0, 0.1) is 0 Å². The molecule has 1 saturated heterocycles. The first-order valence-corrected chi connectivity index (χ1v) is 9.32. The van der Waals surface area contributed by atoms with Crippen molar-refractivity contribution in [2.24, 2.45) is 16.7 Å². The second-order valence-corrected chi connectivity index (χ2v) is 8.08. The van der Waals surface area contributed by atoms with Crippen LogP contribution in [0.2, 0.25) is 5.02 Å². The number of hydrazone groups is 1. The summed E-state index contributed by atoms with van der Waals surface area (Å²) < 4.78 is 11.5. The maximum atomic E-state index is 12.3. The first-order valence-electron chi connectivity index (χ1n) is 8.95. The SMILES string of the molecule is CC(C)(C)OC(=O)N1CC[C@H](Oc2nc(/C(N)=N/N)cc3ccc(Cl)cc23)C1. The zero-order valence-corrected chi connectivity index (χ0v) is 16.9. The lowest BCUT2D eigenvalue weighted by atomic mass is 10.1. The van der Waals surface area contributed by atoms with E-state index in [-0.39, 0.29) is 18.0 Å². The topological polar surface area (TPSA) is 116 Å². The van der Waals surface area contributed by atoms with Gasteiger partial charge < -0.3 is 25.9 Å². The van der Waals surface area contributed by atoms with Gasteiger partial charge in [0.05, 0.1) is 6.54 Å². The molecule has 0 radical (unpaired) electrons. The fourth-order valence-corrected chi connectivity index (χ4v) is 3.12. The average Bonchev–Trinajstić information content (AvgIpc) is 3.08. The third-order valence-corrected chi connectivity index (χ3v) is 4.47. The Morgan fingerprint density at radius 1 is 1.36 bits per heavy atom. The quantitative estimate of drug-likeness (QED) is 0.351. The standard InChI is InChI=1S/C19H24ClN5O3/c1-19(2,3)28-18(26)25-7-6-13(10-25)27-17-14-9-12(20)5-4-11(14)8-15(23-17)16(21)24-22/h4-5,8-9,13H,6-7,10,22H2,1-3H3,(H2,21,24)/t13-/m0/s1. The molecule has 0 saturated carbocycles. The highest BCUT2D eigenvalue weighted by atomic mass is 35.5. The maximum absolute atomic E-state index is 12.3. The maximum Gasteiger partial charge on any atom is 0.410 e. The monoisotopic (exact) mass is 405 g/mol. The summed E-state index contributed by atoms with van der Waals surface area (Å²) in [5.74, 6) is 5.76. The molecule has 1 fully saturated rings. The second kappa shape index (κ2) is 7.71. The number of nitrogens with zero attached hydrogens (tertiary/aromatic N) is 3. The first-order chi connectivity index (χ1) is 13.2. The highest BCUT2D eigenvalue weighted by Gasteiger charge is 2.31. The van der Waals surface area contributed by atoms with Crippen LogP contribution in [0.1, 0.15) is 32.9 Å². The molecule has 150 valence electrons. The lowest BCUT2D eigenvalue weighted by molar-refractivity contribution is 0.0275. The van der Waals surface area contributed by atoms with Crippen LogP contribution >= 0.6 is 11.6 Å². The number of hydrogen-bond acceptors (Lipinski definition) is 6. The van der Waals surface area contributed by atoms with Crippen LogP contribution in [0.15, 0.2) is 29.4 Å². The van der Waals surface area contributed by atoms with E-state index in [4.69, 9.17) is 32.7 Å². The van der Waals surface area contributed by atoms with Crippen LogP contribution in [-0.4, -0.2) is 46.6 Å². The van der Waals surface area contributed by atoms with Gasteiger partial charge in [-0.25, -0.2) is 9.78 Å². The van der Waals surface area contributed by atoms with E-state index in [0.717, 1.165) is 10.8 Å². The van der Waals surface area contributed by atoms with E-state index < -0.39 is 5.60 Å². The van der Waals surface area contributed by atoms with E-state index in [1.807, 2.05) is 26.8 Å². The van der Waals surface area contributed by atoms with E-state index in [0.29, 0.717) is 36.1 Å². The third kappa shape index (κ3) is 4.56. The average molecular weight is 406 g/mol. The molecule has 28 heavy (non-hydrogen) atoms. The van der Waals surface area contributed by atoms with Crippen molar-refractivity contribution in [3.63, 3.8) is 0 Å². The predicted molar refractivity (Wildman–Crippen MR) is 109 cm³/mol. The molecule has 9 heteroatoms. The van der Waals surface area contributed by atoms with Gasteiger partial charge in [-0.3, -0.25) is 0 Å². The summed E-state index contributed by atoms with van der Waals surface area (Å²) in [6.45, 7) is 6.46. The molecule has 8 nitrogen and oxygen atoms in total. The number of amidine groups is 1. The number of likely N-dealkylation sites (tertiary alicyclic amines) is 1. The smallest absolute Gasteiger partial charge is 0.410 e. The van der Waals surface area contributed by atoms with Crippen molar-refractivity contribution in [1.29, 1.82) is 0 Å². The van der Waals surface area contributed by atoms with Crippen LogP contribution in [0.3, 0.4) is 0 Å². The van der Waals surface area contributed by atoms with E-state index in [1.165, 1.54) is 0 Å². The Labute approximate surface area is 168 Å². The highest BCUT2D eigenvalue weighted by molar-refractivity contribution is 6.31. The van der Waals surface area contributed by atoms with Gasteiger partial charge in [0.25, 0.3) is 0 Å². The van der Waals surface area contributed by atoms with Crippen LogP contribution in [0.25, 0.3) is 10.8 Å². The number of pyridine rings is 1. The number of benzene rings is 1. The molecule has 2 aromatic rings. The lowest BCUT2D eigenvalue weighted by Gasteiger charge is -2.24. The number of nitrogens with two attached hydrogens (primary N) is 2.